The number of aromatic nitrogens is 1. The molecule has 0 saturated carbocycles. The van der Waals surface area contributed by atoms with Crippen LogP contribution in [0.3, 0.4) is 0 Å². The lowest BCUT2D eigenvalue weighted by atomic mass is 10.0. The van der Waals surface area contributed by atoms with Crippen molar-refractivity contribution >= 4 is 23.6 Å². The molecule has 0 spiro atoms. The quantitative estimate of drug-likeness (QED) is 0.546. The van der Waals surface area contributed by atoms with Gasteiger partial charge in [-0.1, -0.05) is 43.7 Å². The zero-order valence-corrected chi connectivity index (χ0v) is 21.5. The number of ketones is 1. The second-order valence-electron chi connectivity index (χ2n) is 9.69. The number of oxazole rings is 1. The van der Waals surface area contributed by atoms with Crippen molar-refractivity contribution < 1.29 is 33.4 Å². The molecular formula is C27H35N3O7. The maximum atomic E-state index is 13.1. The van der Waals surface area contributed by atoms with Crippen LogP contribution in [0, 0.1) is 5.92 Å². The number of rotatable bonds is 1. The Hall–Kier alpha value is -3.53. The van der Waals surface area contributed by atoms with Gasteiger partial charge >= 0.3 is 5.97 Å². The van der Waals surface area contributed by atoms with Crippen molar-refractivity contribution in [2.24, 2.45) is 5.92 Å². The number of ether oxygens (including phenoxy) is 1. The molecule has 10 heteroatoms. The highest BCUT2D eigenvalue weighted by Gasteiger charge is 2.38. The summed E-state index contributed by atoms with van der Waals surface area (Å²) < 4.78 is 11.1. The summed E-state index contributed by atoms with van der Waals surface area (Å²) in [5, 5.41) is 13.0. The predicted molar refractivity (Wildman–Crippen MR) is 134 cm³/mol. The van der Waals surface area contributed by atoms with E-state index in [2.05, 4.69) is 10.3 Å². The highest BCUT2D eigenvalue weighted by atomic mass is 16.5. The first-order valence-electron chi connectivity index (χ1n) is 12.6. The predicted octanol–water partition coefficient (Wildman–Crippen LogP) is 2.29. The molecule has 1 saturated heterocycles. The minimum absolute atomic E-state index is 0.000348. The molecule has 0 radical (unpaired) electrons. The van der Waals surface area contributed by atoms with Gasteiger partial charge in [-0.25, -0.2) is 9.78 Å². The van der Waals surface area contributed by atoms with E-state index >= 15 is 0 Å². The van der Waals surface area contributed by atoms with Crippen LogP contribution in [-0.4, -0.2) is 69.9 Å². The number of carbonyl (C=O) groups excluding carboxylic acids is 4. The average Bonchev–Trinajstić information content (AvgIpc) is 3.50. The Kier molecular flexibility index (Phi) is 9.96. The Bertz CT molecular complexity index is 1090. The Morgan fingerprint density at radius 2 is 1.95 bits per heavy atom. The maximum Gasteiger partial charge on any atom is 0.329 e. The number of hydrogen-bond acceptors (Lipinski definition) is 8. The van der Waals surface area contributed by atoms with Crippen molar-refractivity contribution in [3.63, 3.8) is 0 Å². The minimum Gasteiger partial charge on any atom is -0.460 e. The third kappa shape index (κ3) is 8.24. The Labute approximate surface area is 216 Å². The van der Waals surface area contributed by atoms with E-state index < -0.39 is 30.1 Å². The molecule has 1 aromatic rings. The fourth-order valence-corrected chi connectivity index (χ4v) is 4.24. The number of nitrogens with one attached hydrogen (secondary N) is 1. The fraction of sp³-hybridized carbons (Fsp3) is 0.519. The highest BCUT2D eigenvalue weighted by Crippen LogP contribution is 2.23. The van der Waals surface area contributed by atoms with Gasteiger partial charge in [0.05, 0.1) is 12.5 Å². The zero-order valence-electron chi connectivity index (χ0n) is 21.5. The van der Waals surface area contributed by atoms with Gasteiger partial charge < -0.3 is 24.5 Å². The van der Waals surface area contributed by atoms with Crippen LogP contribution in [0.2, 0.25) is 0 Å². The van der Waals surface area contributed by atoms with Crippen molar-refractivity contribution in [1.82, 2.24) is 15.2 Å². The molecule has 1 aromatic heterocycles. The molecule has 2 amide bonds. The summed E-state index contributed by atoms with van der Waals surface area (Å²) in [6.45, 7) is 6.28. The summed E-state index contributed by atoms with van der Waals surface area (Å²) in [5.74, 6) is -1.49. The SMILES string of the molecule is CC1=C\[C@@H](O)CC(=O)Cc2nc(co2)C(=O)N2CCC[C@@H]2C(=O)O[C@H](C(C)C)C/C=C/C(=O)NC\C=C\1. The van der Waals surface area contributed by atoms with Crippen LogP contribution in [-0.2, 0) is 25.5 Å². The lowest BCUT2D eigenvalue weighted by molar-refractivity contribution is -0.155. The van der Waals surface area contributed by atoms with Crippen LogP contribution in [0.25, 0.3) is 0 Å². The molecule has 0 unspecified atom stereocenters. The summed E-state index contributed by atoms with van der Waals surface area (Å²) in [6, 6.07) is -0.749. The van der Waals surface area contributed by atoms with Crippen LogP contribution in [0.5, 0.6) is 0 Å². The molecule has 10 nitrogen and oxygen atoms in total. The average molecular weight is 514 g/mol. The molecule has 0 aliphatic carbocycles. The molecule has 3 rings (SSSR count). The third-order valence-corrected chi connectivity index (χ3v) is 6.22. The summed E-state index contributed by atoms with van der Waals surface area (Å²) in [5.41, 5.74) is 0.742. The van der Waals surface area contributed by atoms with Gasteiger partial charge in [-0.05, 0) is 31.8 Å². The standard InChI is InChI=1S/C27H35N3O7/c1-17(2)23-9-4-10-24(33)28-11-5-7-18(3)13-19(31)14-20(32)15-25-29-21(16-36-25)26(34)30-12-6-8-22(30)27(35)37-23/h4-5,7,10,13,16-17,19,22-23,31H,6,8-9,11-12,14-15H2,1-3H3,(H,28,33)/b7-5+,10-4+,18-13+/t19-,22-,23+/m1/s1. The number of nitrogens with zero attached hydrogens (tertiary/aromatic N) is 2. The number of carbonyl (C=O) groups is 4. The van der Waals surface area contributed by atoms with E-state index in [9.17, 15) is 24.3 Å². The number of aliphatic hydroxyl groups is 1. The first kappa shape index (κ1) is 28.0. The van der Waals surface area contributed by atoms with Gasteiger partial charge in [0.1, 0.15) is 24.2 Å². The first-order valence-corrected chi connectivity index (χ1v) is 12.6. The van der Waals surface area contributed by atoms with Gasteiger partial charge in [-0.2, -0.15) is 0 Å². The van der Waals surface area contributed by atoms with Gasteiger partial charge in [-0.3, -0.25) is 14.4 Å². The van der Waals surface area contributed by atoms with Gasteiger partial charge in [0.15, 0.2) is 5.69 Å². The van der Waals surface area contributed by atoms with E-state index in [4.69, 9.17) is 9.15 Å². The zero-order chi connectivity index (χ0) is 26.9. The molecule has 1 fully saturated rings. The molecule has 37 heavy (non-hydrogen) atoms. The lowest BCUT2D eigenvalue weighted by Crippen LogP contribution is -2.43. The van der Waals surface area contributed by atoms with Gasteiger partial charge in [0.25, 0.3) is 5.91 Å². The largest absolute Gasteiger partial charge is 0.460 e. The van der Waals surface area contributed by atoms with Crippen molar-refractivity contribution in [2.45, 2.75) is 71.1 Å². The number of aliphatic hydroxyl groups excluding tert-OH is 1. The Morgan fingerprint density at radius 1 is 1.16 bits per heavy atom. The number of esters is 1. The van der Waals surface area contributed by atoms with Crippen molar-refractivity contribution in [3.8, 4) is 0 Å². The molecule has 2 bridgehead atoms. The third-order valence-electron chi connectivity index (χ3n) is 6.22. The second-order valence-corrected chi connectivity index (χ2v) is 9.69. The number of hydrogen-bond donors (Lipinski definition) is 2. The molecule has 3 heterocycles. The topological polar surface area (TPSA) is 139 Å². The minimum atomic E-state index is -1.00. The van der Waals surface area contributed by atoms with Gasteiger partial charge in [0.2, 0.25) is 11.8 Å². The van der Waals surface area contributed by atoms with E-state index in [1.54, 1.807) is 31.2 Å². The lowest BCUT2D eigenvalue weighted by Gasteiger charge is -2.26. The molecule has 2 aliphatic rings. The van der Waals surface area contributed by atoms with Crippen molar-refractivity contribution in [3.05, 3.63) is 53.8 Å². The van der Waals surface area contributed by atoms with Crippen LogP contribution in [0.4, 0.5) is 0 Å². The summed E-state index contributed by atoms with van der Waals surface area (Å²) in [4.78, 5) is 56.2. The molecular weight excluding hydrogens is 478 g/mol. The molecule has 0 aromatic carbocycles. The highest BCUT2D eigenvalue weighted by molar-refractivity contribution is 5.95. The van der Waals surface area contributed by atoms with Gasteiger partial charge in [0, 0.05) is 25.9 Å². The monoisotopic (exact) mass is 513 g/mol. The number of allylic oxidation sites excluding steroid dienone is 2. The second kappa shape index (κ2) is 13.1. The van der Waals surface area contributed by atoms with Crippen LogP contribution in [0.15, 0.2) is 46.6 Å². The van der Waals surface area contributed by atoms with Crippen molar-refractivity contribution in [1.29, 1.82) is 0 Å². The first-order chi connectivity index (χ1) is 17.6. The molecule has 3 atom stereocenters. The Balaban J connectivity index is 1.82. The van der Waals surface area contributed by atoms with Gasteiger partial charge in [-0.15, -0.1) is 0 Å². The summed E-state index contributed by atoms with van der Waals surface area (Å²) in [6.07, 6.45) is 8.95. The normalized spacial score (nSPS) is 28.2. The van der Waals surface area contributed by atoms with E-state index in [1.807, 2.05) is 13.8 Å². The van der Waals surface area contributed by atoms with E-state index in [0.717, 1.165) is 5.57 Å². The van der Waals surface area contributed by atoms with E-state index in [1.165, 1.54) is 17.2 Å². The number of fused-ring (bicyclic) bond motifs is 3. The molecule has 2 N–H and O–H groups in total. The fourth-order valence-electron chi connectivity index (χ4n) is 4.24. The summed E-state index contributed by atoms with van der Waals surface area (Å²) in [7, 11) is 0. The smallest absolute Gasteiger partial charge is 0.329 e. The molecule has 200 valence electrons. The van der Waals surface area contributed by atoms with E-state index in [-0.39, 0.29) is 48.6 Å². The molecule has 2 aliphatic heterocycles. The van der Waals surface area contributed by atoms with E-state index in [0.29, 0.717) is 25.8 Å². The van der Waals surface area contributed by atoms with Crippen LogP contribution < -0.4 is 5.32 Å². The number of cyclic esters (lactones) is 1. The maximum absolute atomic E-state index is 13.1. The van der Waals surface area contributed by atoms with Crippen molar-refractivity contribution in [2.75, 3.05) is 13.1 Å². The van der Waals surface area contributed by atoms with Crippen LogP contribution in [0.1, 0.15) is 62.8 Å². The number of amides is 2. The summed E-state index contributed by atoms with van der Waals surface area (Å²) >= 11 is 0. The van der Waals surface area contributed by atoms with Crippen LogP contribution >= 0.6 is 0 Å². The Morgan fingerprint density at radius 3 is 2.70 bits per heavy atom. The number of Topliss-reactive ketones (excluding diaryl/α,β-unsaturated/α-hetero) is 1.